The van der Waals surface area contributed by atoms with Gasteiger partial charge in [0.15, 0.2) is 0 Å². The van der Waals surface area contributed by atoms with Crippen molar-refractivity contribution < 1.29 is 0 Å². The van der Waals surface area contributed by atoms with Gasteiger partial charge in [0.05, 0.1) is 0 Å². The Kier molecular flexibility index (Phi) is 5.14. The van der Waals surface area contributed by atoms with E-state index in [1.807, 2.05) is 0 Å². The second-order valence-electron chi connectivity index (χ2n) is 4.68. The van der Waals surface area contributed by atoms with Gasteiger partial charge in [-0.2, -0.15) is 0 Å². The smallest absolute Gasteiger partial charge is 0.00257 e. The van der Waals surface area contributed by atoms with E-state index in [4.69, 9.17) is 0 Å². The van der Waals surface area contributed by atoms with Gasteiger partial charge in [0.25, 0.3) is 0 Å². The minimum atomic E-state index is 0.383. The summed E-state index contributed by atoms with van der Waals surface area (Å²) in [5.41, 5.74) is 1.15. The number of hydrogen-bond donors (Lipinski definition) is 0. The molecule has 1 heterocycles. The van der Waals surface area contributed by atoms with Crippen LogP contribution >= 0.6 is 18.5 Å². The zero-order valence-corrected chi connectivity index (χ0v) is 10.9. The lowest BCUT2D eigenvalue weighted by Crippen LogP contribution is -2.03. The van der Waals surface area contributed by atoms with E-state index in [9.17, 15) is 0 Å². The Morgan fingerprint density at radius 2 is 1.50 bits per heavy atom. The van der Waals surface area contributed by atoms with Crippen LogP contribution in [0.15, 0.2) is 0 Å². The highest BCUT2D eigenvalue weighted by Gasteiger charge is 2.23. The molecule has 14 heavy (non-hydrogen) atoms. The maximum absolute atomic E-state index is 2.36. The van der Waals surface area contributed by atoms with E-state index in [2.05, 4.69) is 11.4 Å². The lowest BCUT2D eigenvalue weighted by Gasteiger charge is -2.24. The molecule has 1 atom stereocenters. The third-order valence-corrected chi connectivity index (χ3v) is 9.39. The molecule has 82 valence electrons. The van der Waals surface area contributed by atoms with Crippen molar-refractivity contribution in [3.05, 3.63) is 0 Å². The van der Waals surface area contributed by atoms with E-state index in [1.165, 1.54) is 50.7 Å². The van der Waals surface area contributed by atoms with Crippen LogP contribution in [-0.2, 0) is 0 Å². The summed E-state index contributed by atoms with van der Waals surface area (Å²) in [4.78, 5) is 0. The van der Waals surface area contributed by atoms with Crippen molar-refractivity contribution >= 4 is 18.5 Å². The summed E-state index contributed by atoms with van der Waals surface area (Å²) in [7, 11) is 0.383. The van der Waals surface area contributed by atoms with E-state index >= 15 is 0 Å². The van der Waals surface area contributed by atoms with Gasteiger partial charge >= 0.3 is 0 Å². The van der Waals surface area contributed by atoms with Gasteiger partial charge in [-0.25, -0.2) is 0 Å². The minimum absolute atomic E-state index is 0.383. The monoisotopic (exact) mass is 230 g/mol. The van der Waals surface area contributed by atoms with Gasteiger partial charge in [-0.05, 0) is 50.4 Å². The van der Waals surface area contributed by atoms with Crippen LogP contribution in [0.1, 0.15) is 57.8 Å². The summed E-state index contributed by atoms with van der Waals surface area (Å²) < 4.78 is 0. The Balaban J connectivity index is 1.83. The molecule has 0 aromatic rings. The zero-order chi connectivity index (χ0) is 9.64. The molecule has 0 N–H and O–H groups in total. The zero-order valence-electron chi connectivity index (χ0n) is 9.21. The second-order valence-corrected chi connectivity index (χ2v) is 9.54. The molecule has 1 unspecified atom stereocenters. The summed E-state index contributed by atoms with van der Waals surface area (Å²) in [6, 6.07) is 0. The third kappa shape index (κ3) is 3.42. The van der Waals surface area contributed by atoms with Gasteiger partial charge in [-0.3, -0.25) is 0 Å². The quantitative estimate of drug-likeness (QED) is 0.450. The molecule has 0 radical (unpaired) electrons. The predicted octanol–water partition coefficient (Wildman–Crippen LogP) is 5.02. The summed E-state index contributed by atoms with van der Waals surface area (Å²) in [6.07, 6.45) is 15.4. The van der Waals surface area contributed by atoms with Gasteiger partial charge < -0.3 is 0 Å². The molecule has 0 amide bonds. The molecule has 1 saturated carbocycles. The van der Waals surface area contributed by atoms with E-state index in [-0.39, 0.29) is 0 Å². The molecular weight excluding hydrogens is 207 g/mol. The van der Waals surface area contributed by atoms with Crippen molar-refractivity contribution in [3.63, 3.8) is 0 Å². The summed E-state index contributed by atoms with van der Waals surface area (Å²) in [6.45, 7) is 0. The largest absolute Gasteiger partial charge is 0.134 e. The van der Waals surface area contributed by atoms with Gasteiger partial charge in [-0.1, -0.05) is 32.1 Å². The van der Waals surface area contributed by atoms with Crippen LogP contribution in [0.2, 0.25) is 0 Å². The number of hydrogen-bond acceptors (Lipinski definition) is 1. The first-order valence-corrected chi connectivity index (χ1v) is 9.55. The average Bonchev–Trinajstić information content (AvgIpc) is 2.62. The third-order valence-electron chi connectivity index (χ3n) is 3.51. The summed E-state index contributed by atoms with van der Waals surface area (Å²) in [5, 5.41) is 0. The highest BCUT2D eigenvalue weighted by molar-refractivity contribution is 8.55. The SMILES string of the molecule is C1CCCC(P2CCCCCS2)CC1. The van der Waals surface area contributed by atoms with Crippen molar-refractivity contribution in [2.45, 2.75) is 63.4 Å². The topological polar surface area (TPSA) is 0 Å². The molecule has 1 aliphatic heterocycles. The maximum atomic E-state index is 2.36. The van der Waals surface area contributed by atoms with Crippen molar-refractivity contribution in [1.82, 2.24) is 0 Å². The highest BCUT2D eigenvalue weighted by Crippen LogP contribution is 2.59. The Labute approximate surface area is 94.1 Å². The van der Waals surface area contributed by atoms with Gasteiger partial charge in [0.1, 0.15) is 0 Å². The molecule has 2 heteroatoms. The Bertz CT molecular complexity index is 126. The normalized spacial score (nSPS) is 32.1. The molecule has 2 rings (SSSR count). The van der Waals surface area contributed by atoms with Crippen LogP contribution in [-0.4, -0.2) is 17.6 Å². The fourth-order valence-corrected chi connectivity index (χ4v) is 8.51. The van der Waals surface area contributed by atoms with E-state index in [0.29, 0.717) is 7.12 Å². The lowest BCUT2D eigenvalue weighted by molar-refractivity contribution is 0.702. The Morgan fingerprint density at radius 1 is 0.786 bits per heavy atom. The van der Waals surface area contributed by atoms with Gasteiger partial charge in [0, 0.05) is 0 Å². The molecule has 0 aromatic carbocycles. The first-order valence-electron chi connectivity index (χ1n) is 6.36. The average molecular weight is 230 g/mol. The maximum Gasteiger partial charge on any atom is -0.00257 e. The molecular formula is C12H23PS. The Hall–Kier alpha value is 0.780. The first kappa shape index (κ1) is 11.3. The molecule has 0 aromatic heterocycles. The molecule has 0 spiro atoms. The van der Waals surface area contributed by atoms with E-state index in [1.54, 1.807) is 19.0 Å². The summed E-state index contributed by atoms with van der Waals surface area (Å²) in [5.74, 6) is 1.47. The van der Waals surface area contributed by atoms with E-state index in [0.717, 1.165) is 5.66 Å². The molecule has 2 fully saturated rings. The lowest BCUT2D eigenvalue weighted by atomic mass is 10.2. The van der Waals surface area contributed by atoms with Crippen molar-refractivity contribution in [2.75, 3.05) is 11.9 Å². The minimum Gasteiger partial charge on any atom is -0.134 e. The molecule has 1 saturated heterocycles. The standard InChI is InChI=1S/C12H23PS/c1-2-5-9-12(8-4-1)13-10-6-3-7-11-14-13/h12H,1-11H2. The van der Waals surface area contributed by atoms with Crippen LogP contribution in [0.5, 0.6) is 0 Å². The molecule has 1 aliphatic carbocycles. The van der Waals surface area contributed by atoms with Gasteiger partial charge in [0.2, 0.25) is 0 Å². The van der Waals surface area contributed by atoms with E-state index < -0.39 is 0 Å². The molecule has 0 nitrogen and oxygen atoms in total. The van der Waals surface area contributed by atoms with Crippen LogP contribution in [0.3, 0.4) is 0 Å². The van der Waals surface area contributed by atoms with Gasteiger partial charge in [-0.15, -0.1) is 11.4 Å². The van der Waals surface area contributed by atoms with Crippen LogP contribution in [0.25, 0.3) is 0 Å². The highest BCUT2D eigenvalue weighted by atomic mass is 32.7. The van der Waals surface area contributed by atoms with Crippen molar-refractivity contribution in [1.29, 1.82) is 0 Å². The first-order chi connectivity index (χ1) is 6.97. The van der Waals surface area contributed by atoms with Crippen molar-refractivity contribution in [2.24, 2.45) is 0 Å². The molecule has 0 bridgehead atoms. The van der Waals surface area contributed by atoms with Crippen LogP contribution < -0.4 is 0 Å². The fourth-order valence-electron chi connectivity index (χ4n) is 2.63. The molecule has 2 aliphatic rings. The number of rotatable bonds is 1. The second kappa shape index (κ2) is 6.38. The van der Waals surface area contributed by atoms with Crippen LogP contribution in [0.4, 0.5) is 0 Å². The fraction of sp³-hybridized carbons (Fsp3) is 1.00. The van der Waals surface area contributed by atoms with Crippen molar-refractivity contribution in [3.8, 4) is 0 Å². The van der Waals surface area contributed by atoms with Crippen LogP contribution in [0, 0.1) is 0 Å². The predicted molar refractivity (Wildman–Crippen MR) is 69.6 cm³/mol. The Morgan fingerprint density at radius 3 is 2.29 bits per heavy atom. The summed E-state index contributed by atoms with van der Waals surface area (Å²) >= 11 is 2.36.